The number of fused-ring (bicyclic) bond motifs is 1. The predicted octanol–water partition coefficient (Wildman–Crippen LogP) is 4.21. The molecular formula is C28H36FN3O5. The third-order valence-corrected chi connectivity index (χ3v) is 6.57. The van der Waals surface area contributed by atoms with E-state index < -0.39 is 17.8 Å². The van der Waals surface area contributed by atoms with E-state index in [1.807, 2.05) is 20.8 Å². The molecular weight excluding hydrogens is 477 g/mol. The lowest BCUT2D eigenvalue weighted by molar-refractivity contribution is -0.116. The lowest BCUT2D eigenvalue weighted by atomic mass is 10.0. The molecule has 0 saturated carbocycles. The van der Waals surface area contributed by atoms with Gasteiger partial charge in [0.2, 0.25) is 5.91 Å². The normalized spacial score (nSPS) is 20.8. The van der Waals surface area contributed by atoms with Gasteiger partial charge in [-0.3, -0.25) is 14.4 Å². The molecule has 1 aliphatic heterocycles. The number of ether oxygens (including phenoxy) is 2. The minimum absolute atomic E-state index is 0.0174. The van der Waals surface area contributed by atoms with Crippen LogP contribution < -0.4 is 10.1 Å². The second-order valence-electron chi connectivity index (χ2n) is 9.54. The summed E-state index contributed by atoms with van der Waals surface area (Å²) < 4.78 is 26.3. The number of nitrogens with one attached hydrogen (secondary N) is 1. The molecule has 8 nitrogen and oxygen atoms in total. The van der Waals surface area contributed by atoms with Crippen LogP contribution in [-0.4, -0.2) is 73.5 Å². The molecule has 1 N–H and O–H groups in total. The quantitative estimate of drug-likeness (QED) is 0.647. The maximum atomic E-state index is 14.5. The molecule has 1 heterocycles. The van der Waals surface area contributed by atoms with Crippen LogP contribution in [0.4, 0.5) is 10.1 Å². The fourth-order valence-corrected chi connectivity index (χ4v) is 4.37. The highest BCUT2D eigenvalue weighted by atomic mass is 19.1. The van der Waals surface area contributed by atoms with E-state index in [2.05, 4.69) is 5.32 Å². The van der Waals surface area contributed by atoms with Gasteiger partial charge in [-0.1, -0.05) is 26.0 Å². The van der Waals surface area contributed by atoms with E-state index in [0.29, 0.717) is 29.8 Å². The predicted molar refractivity (Wildman–Crippen MR) is 139 cm³/mol. The van der Waals surface area contributed by atoms with Crippen molar-refractivity contribution in [2.75, 3.05) is 39.2 Å². The van der Waals surface area contributed by atoms with Gasteiger partial charge in [0.15, 0.2) is 0 Å². The van der Waals surface area contributed by atoms with Crippen LogP contribution in [0.5, 0.6) is 5.75 Å². The molecule has 3 rings (SSSR count). The number of nitrogens with zero attached hydrogens (tertiary/aromatic N) is 2. The van der Waals surface area contributed by atoms with Gasteiger partial charge in [0, 0.05) is 51.3 Å². The molecule has 1 aliphatic rings. The summed E-state index contributed by atoms with van der Waals surface area (Å²) in [6.07, 6.45) is 0.716. The Labute approximate surface area is 217 Å². The van der Waals surface area contributed by atoms with Gasteiger partial charge in [-0.15, -0.1) is 0 Å². The Bertz CT molecular complexity index is 1120. The third-order valence-electron chi connectivity index (χ3n) is 6.57. The van der Waals surface area contributed by atoms with Gasteiger partial charge in [-0.05, 0) is 37.6 Å². The van der Waals surface area contributed by atoms with E-state index in [1.165, 1.54) is 12.1 Å². The van der Waals surface area contributed by atoms with Crippen molar-refractivity contribution >= 4 is 23.4 Å². The number of carbonyl (C=O) groups is 3. The van der Waals surface area contributed by atoms with Crippen molar-refractivity contribution < 1.29 is 28.2 Å². The second-order valence-corrected chi connectivity index (χ2v) is 9.54. The molecule has 3 atom stereocenters. The average molecular weight is 514 g/mol. The van der Waals surface area contributed by atoms with Crippen molar-refractivity contribution in [2.45, 2.75) is 45.8 Å². The maximum absolute atomic E-state index is 14.5. The standard InChI is InChI=1S/C28H36FN3O5/c1-6-9-26(33)30-20-12-13-22-24(14-20)37-17-19(3)32(28(35)21-10-7-8-11-23(21)29)15-18(2)25(36-5)16-31(4)27(22)34/h7-8,10-14,18-19,25H,6,9,15-17H2,1-5H3,(H,30,33)/t18-,19-,25+/m0/s1. The van der Waals surface area contributed by atoms with E-state index in [-0.39, 0.29) is 49.1 Å². The van der Waals surface area contributed by atoms with Crippen LogP contribution in [0, 0.1) is 11.7 Å². The van der Waals surface area contributed by atoms with Crippen LogP contribution in [0.3, 0.4) is 0 Å². The largest absolute Gasteiger partial charge is 0.491 e. The molecule has 0 spiro atoms. The number of hydrogen-bond acceptors (Lipinski definition) is 5. The van der Waals surface area contributed by atoms with Crippen LogP contribution in [0.25, 0.3) is 0 Å². The van der Waals surface area contributed by atoms with Gasteiger partial charge >= 0.3 is 0 Å². The first-order valence-corrected chi connectivity index (χ1v) is 12.6. The van der Waals surface area contributed by atoms with E-state index in [9.17, 15) is 18.8 Å². The Morgan fingerprint density at radius 1 is 1.16 bits per heavy atom. The molecule has 2 aromatic carbocycles. The van der Waals surface area contributed by atoms with Crippen molar-refractivity contribution in [3.8, 4) is 5.75 Å². The Kier molecular flexibility index (Phi) is 9.63. The molecule has 9 heteroatoms. The van der Waals surface area contributed by atoms with Gasteiger partial charge in [-0.25, -0.2) is 4.39 Å². The fourth-order valence-electron chi connectivity index (χ4n) is 4.37. The van der Waals surface area contributed by atoms with Crippen molar-refractivity contribution in [1.82, 2.24) is 9.80 Å². The summed E-state index contributed by atoms with van der Waals surface area (Å²) in [7, 11) is 3.25. The number of benzene rings is 2. The number of carbonyl (C=O) groups excluding carboxylic acids is 3. The van der Waals surface area contributed by atoms with Crippen LogP contribution in [0.2, 0.25) is 0 Å². The van der Waals surface area contributed by atoms with Gasteiger partial charge < -0.3 is 24.6 Å². The number of methoxy groups -OCH3 is 1. The zero-order valence-corrected chi connectivity index (χ0v) is 22.1. The van der Waals surface area contributed by atoms with Crippen molar-refractivity contribution in [3.63, 3.8) is 0 Å². The van der Waals surface area contributed by atoms with Gasteiger partial charge in [-0.2, -0.15) is 0 Å². The SMILES string of the molecule is CCCC(=O)Nc1ccc2c(c1)OC[C@H](C)N(C(=O)c1ccccc1F)C[C@H](C)[C@H](OC)CN(C)C2=O. The zero-order valence-electron chi connectivity index (χ0n) is 22.1. The first-order valence-electron chi connectivity index (χ1n) is 12.6. The lowest BCUT2D eigenvalue weighted by Gasteiger charge is -2.36. The van der Waals surface area contributed by atoms with E-state index in [0.717, 1.165) is 0 Å². The Morgan fingerprint density at radius 3 is 2.57 bits per heavy atom. The summed E-state index contributed by atoms with van der Waals surface area (Å²) in [5.41, 5.74) is 0.824. The highest BCUT2D eigenvalue weighted by Gasteiger charge is 2.31. The smallest absolute Gasteiger partial charge is 0.257 e. The van der Waals surface area contributed by atoms with Crippen LogP contribution in [0.1, 0.15) is 54.3 Å². The highest BCUT2D eigenvalue weighted by Crippen LogP contribution is 2.27. The van der Waals surface area contributed by atoms with Gasteiger partial charge in [0.1, 0.15) is 18.2 Å². The summed E-state index contributed by atoms with van der Waals surface area (Å²) in [6, 6.07) is 10.3. The third kappa shape index (κ3) is 6.85. The van der Waals surface area contributed by atoms with Crippen LogP contribution in [-0.2, 0) is 9.53 Å². The summed E-state index contributed by atoms with van der Waals surface area (Å²) in [5.74, 6) is -1.29. The minimum Gasteiger partial charge on any atom is -0.491 e. The summed E-state index contributed by atoms with van der Waals surface area (Å²) >= 11 is 0. The summed E-state index contributed by atoms with van der Waals surface area (Å²) in [5, 5.41) is 2.82. The maximum Gasteiger partial charge on any atom is 0.257 e. The zero-order chi connectivity index (χ0) is 27.1. The van der Waals surface area contributed by atoms with Crippen molar-refractivity contribution in [3.05, 3.63) is 59.4 Å². The van der Waals surface area contributed by atoms with E-state index in [4.69, 9.17) is 9.47 Å². The molecule has 0 bridgehead atoms. The molecule has 0 aliphatic carbocycles. The molecule has 200 valence electrons. The number of rotatable bonds is 5. The van der Waals surface area contributed by atoms with E-state index in [1.54, 1.807) is 54.3 Å². The number of halogens is 1. The number of anilines is 1. The Morgan fingerprint density at radius 2 is 1.89 bits per heavy atom. The number of amides is 3. The van der Waals surface area contributed by atoms with Crippen LogP contribution in [0.15, 0.2) is 42.5 Å². The van der Waals surface area contributed by atoms with Crippen LogP contribution >= 0.6 is 0 Å². The Balaban J connectivity index is 1.99. The molecule has 0 radical (unpaired) electrons. The lowest BCUT2D eigenvalue weighted by Crippen LogP contribution is -2.48. The monoisotopic (exact) mass is 513 g/mol. The van der Waals surface area contributed by atoms with Crippen molar-refractivity contribution in [1.29, 1.82) is 0 Å². The first kappa shape index (κ1) is 28.1. The Hall–Kier alpha value is -3.46. The molecule has 0 saturated heterocycles. The topological polar surface area (TPSA) is 88.2 Å². The molecule has 37 heavy (non-hydrogen) atoms. The molecule has 3 amide bonds. The highest BCUT2D eigenvalue weighted by molar-refractivity contribution is 5.98. The average Bonchev–Trinajstić information content (AvgIpc) is 2.87. The number of likely N-dealkylation sites (N-methyl/N-ethyl adjacent to an activating group) is 1. The fraction of sp³-hybridized carbons (Fsp3) is 0.464. The molecule has 0 aromatic heterocycles. The summed E-state index contributed by atoms with van der Waals surface area (Å²) in [4.78, 5) is 42.1. The molecule has 0 fully saturated rings. The van der Waals surface area contributed by atoms with E-state index >= 15 is 0 Å². The van der Waals surface area contributed by atoms with Crippen molar-refractivity contribution in [2.24, 2.45) is 5.92 Å². The molecule has 2 aromatic rings. The number of hydrogen-bond donors (Lipinski definition) is 1. The second kappa shape index (κ2) is 12.7. The van der Waals surface area contributed by atoms with Gasteiger partial charge in [0.05, 0.1) is 23.3 Å². The minimum atomic E-state index is -0.592. The first-order chi connectivity index (χ1) is 17.7. The molecule has 0 unspecified atom stereocenters. The van der Waals surface area contributed by atoms with Gasteiger partial charge in [0.25, 0.3) is 11.8 Å². The summed E-state index contributed by atoms with van der Waals surface area (Å²) in [6.45, 7) is 6.28.